The van der Waals surface area contributed by atoms with E-state index in [1.807, 2.05) is 30.3 Å². The van der Waals surface area contributed by atoms with Crippen molar-refractivity contribution in [2.24, 2.45) is 0 Å². The molecule has 2 aromatic carbocycles. The minimum absolute atomic E-state index is 0.0324. The van der Waals surface area contributed by atoms with E-state index in [-0.39, 0.29) is 6.42 Å². The summed E-state index contributed by atoms with van der Waals surface area (Å²) in [6, 6.07) is 13.2. The highest BCUT2D eigenvalue weighted by molar-refractivity contribution is 5.67. The molecule has 1 heterocycles. The van der Waals surface area contributed by atoms with E-state index >= 15 is 0 Å². The van der Waals surface area contributed by atoms with Gasteiger partial charge in [-0.3, -0.25) is 0 Å². The molecule has 0 fully saturated rings. The summed E-state index contributed by atoms with van der Waals surface area (Å²) in [6.45, 7) is 3.71. The van der Waals surface area contributed by atoms with Crippen molar-refractivity contribution in [3.63, 3.8) is 0 Å². The van der Waals surface area contributed by atoms with Gasteiger partial charge in [0.05, 0.1) is 0 Å². The molecule has 0 bridgehead atoms. The van der Waals surface area contributed by atoms with E-state index in [9.17, 15) is 13.2 Å². The molecule has 0 amide bonds. The van der Waals surface area contributed by atoms with Gasteiger partial charge in [0.2, 0.25) is 0 Å². The van der Waals surface area contributed by atoms with Crippen LogP contribution >= 0.6 is 0 Å². The Labute approximate surface area is 127 Å². The predicted octanol–water partition coefficient (Wildman–Crippen LogP) is 5.25. The van der Waals surface area contributed by atoms with Crippen LogP contribution in [0.5, 0.6) is 5.75 Å². The molecule has 3 rings (SSSR count). The van der Waals surface area contributed by atoms with Crippen LogP contribution in [0.15, 0.2) is 49.0 Å². The first-order valence-corrected chi connectivity index (χ1v) is 7.06. The highest BCUT2D eigenvalue weighted by Gasteiger charge is 2.43. The fraction of sp³-hybridized carbons (Fsp3) is 0.222. The maximum Gasteiger partial charge on any atom is 0.425 e. The van der Waals surface area contributed by atoms with Gasteiger partial charge in [0.25, 0.3) is 0 Å². The van der Waals surface area contributed by atoms with Crippen LogP contribution in [0.2, 0.25) is 0 Å². The quantitative estimate of drug-likeness (QED) is 0.736. The van der Waals surface area contributed by atoms with Crippen molar-refractivity contribution >= 4 is 6.08 Å². The van der Waals surface area contributed by atoms with Gasteiger partial charge in [0.15, 0.2) is 6.10 Å². The summed E-state index contributed by atoms with van der Waals surface area (Å²) < 4.78 is 43.2. The van der Waals surface area contributed by atoms with Crippen LogP contribution in [-0.4, -0.2) is 12.3 Å². The molecule has 1 nitrogen and oxygen atoms in total. The fourth-order valence-electron chi connectivity index (χ4n) is 2.61. The molecule has 1 aliphatic rings. The Morgan fingerprint density at radius 2 is 1.73 bits per heavy atom. The van der Waals surface area contributed by atoms with Crippen LogP contribution < -0.4 is 4.74 Å². The molecule has 22 heavy (non-hydrogen) atoms. The summed E-state index contributed by atoms with van der Waals surface area (Å²) in [7, 11) is 0. The lowest BCUT2D eigenvalue weighted by Gasteiger charge is -2.28. The van der Waals surface area contributed by atoms with Crippen molar-refractivity contribution < 1.29 is 17.9 Å². The smallest absolute Gasteiger partial charge is 0.425 e. The Morgan fingerprint density at radius 1 is 1.05 bits per heavy atom. The maximum absolute atomic E-state index is 12.7. The molecule has 1 atom stereocenters. The second kappa shape index (κ2) is 5.52. The average Bonchev–Trinajstić information content (AvgIpc) is 2.53. The SMILES string of the molecule is C=Cc1ccc(-c2ccc3c(c2)CCC(C(F)(F)F)O3)cc1. The van der Waals surface area contributed by atoms with Gasteiger partial charge in [-0.2, -0.15) is 13.2 Å². The van der Waals surface area contributed by atoms with E-state index in [4.69, 9.17) is 4.74 Å². The van der Waals surface area contributed by atoms with E-state index in [0.717, 1.165) is 22.3 Å². The second-order valence-electron chi connectivity index (χ2n) is 5.34. The maximum atomic E-state index is 12.7. The van der Waals surface area contributed by atoms with E-state index in [1.165, 1.54) is 0 Å². The number of aryl methyl sites for hydroxylation is 1. The summed E-state index contributed by atoms with van der Waals surface area (Å²) in [5.74, 6) is 0.333. The first-order chi connectivity index (χ1) is 10.5. The summed E-state index contributed by atoms with van der Waals surface area (Å²) in [5.41, 5.74) is 3.85. The third-order valence-electron chi connectivity index (χ3n) is 3.85. The second-order valence-corrected chi connectivity index (χ2v) is 5.34. The number of hydrogen-bond donors (Lipinski definition) is 0. The van der Waals surface area contributed by atoms with Gasteiger partial charge in [-0.15, -0.1) is 0 Å². The first kappa shape index (κ1) is 14.7. The summed E-state index contributed by atoms with van der Waals surface area (Å²) in [6.07, 6.45) is -3.90. The third kappa shape index (κ3) is 2.86. The van der Waals surface area contributed by atoms with Crippen molar-refractivity contribution in [3.8, 4) is 16.9 Å². The molecule has 4 heteroatoms. The molecule has 0 aromatic heterocycles. The minimum atomic E-state index is -4.31. The van der Waals surface area contributed by atoms with Crippen LogP contribution in [-0.2, 0) is 6.42 Å². The lowest BCUT2D eigenvalue weighted by Crippen LogP contribution is -2.37. The number of benzene rings is 2. The molecular weight excluding hydrogens is 289 g/mol. The van der Waals surface area contributed by atoms with E-state index < -0.39 is 12.3 Å². The summed E-state index contributed by atoms with van der Waals surface area (Å²) in [4.78, 5) is 0. The van der Waals surface area contributed by atoms with E-state index in [1.54, 1.807) is 18.2 Å². The molecule has 0 aliphatic carbocycles. The zero-order chi connectivity index (χ0) is 15.7. The van der Waals surface area contributed by atoms with Crippen molar-refractivity contribution in [1.82, 2.24) is 0 Å². The highest BCUT2D eigenvalue weighted by Crippen LogP contribution is 2.36. The Kier molecular flexibility index (Phi) is 3.69. The number of ether oxygens (including phenoxy) is 1. The molecule has 2 aromatic rings. The number of hydrogen-bond acceptors (Lipinski definition) is 1. The predicted molar refractivity (Wildman–Crippen MR) is 80.8 cm³/mol. The van der Waals surface area contributed by atoms with Gasteiger partial charge < -0.3 is 4.74 Å². The van der Waals surface area contributed by atoms with Crippen molar-refractivity contribution in [1.29, 1.82) is 0 Å². The van der Waals surface area contributed by atoms with Gasteiger partial charge in [-0.05, 0) is 47.2 Å². The van der Waals surface area contributed by atoms with Crippen molar-refractivity contribution in [2.75, 3.05) is 0 Å². The van der Waals surface area contributed by atoms with E-state index in [0.29, 0.717) is 12.2 Å². The molecule has 1 aliphatic heterocycles. The lowest BCUT2D eigenvalue weighted by molar-refractivity contribution is -0.199. The topological polar surface area (TPSA) is 9.23 Å². The molecule has 1 unspecified atom stereocenters. The molecule has 0 radical (unpaired) electrons. The van der Waals surface area contributed by atoms with E-state index in [2.05, 4.69) is 6.58 Å². The van der Waals surface area contributed by atoms with Gasteiger partial charge in [-0.25, -0.2) is 0 Å². The third-order valence-corrected chi connectivity index (χ3v) is 3.85. The van der Waals surface area contributed by atoms with Gasteiger partial charge in [0.1, 0.15) is 5.75 Å². The van der Waals surface area contributed by atoms with Gasteiger partial charge >= 0.3 is 6.18 Å². The van der Waals surface area contributed by atoms with Crippen molar-refractivity contribution in [3.05, 3.63) is 60.2 Å². The number of halogens is 3. The molecule has 0 spiro atoms. The van der Waals surface area contributed by atoms with Crippen molar-refractivity contribution in [2.45, 2.75) is 25.1 Å². The standard InChI is InChI=1S/C18H15F3O/c1-2-12-3-5-13(6-4-12)14-7-9-16-15(11-14)8-10-17(22-16)18(19,20)21/h2-7,9,11,17H,1,8,10H2. The molecule has 114 valence electrons. The van der Waals surface area contributed by atoms with Crippen LogP contribution in [0.4, 0.5) is 13.2 Å². The zero-order valence-electron chi connectivity index (χ0n) is 11.9. The molecule has 0 N–H and O–H groups in total. The van der Waals surface area contributed by atoms with Crippen LogP contribution in [0.3, 0.4) is 0 Å². The normalized spacial score (nSPS) is 17.5. The Hall–Kier alpha value is -2.23. The molecule has 0 saturated heterocycles. The Morgan fingerprint density at radius 3 is 2.36 bits per heavy atom. The van der Waals surface area contributed by atoms with Crippen LogP contribution in [0.25, 0.3) is 17.2 Å². The molecule has 0 saturated carbocycles. The fourth-order valence-corrected chi connectivity index (χ4v) is 2.61. The average molecular weight is 304 g/mol. The van der Waals surface area contributed by atoms with Crippen LogP contribution in [0.1, 0.15) is 17.5 Å². The highest BCUT2D eigenvalue weighted by atomic mass is 19.4. The number of rotatable bonds is 2. The molecular formula is C18H15F3O. The minimum Gasteiger partial charge on any atom is -0.481 e. The monoisotopic (exact) mass is 304 g/mol. The Bertz CT molecular complexity index is 686. The van der Waals surface area contributed by atoms with Gasteiger partial charge in [-0.1, -0.05) is 43.0 Å². The van der Waals surface area contributed by atoms with Crippen LogP contribution in [0, 0.1) is 0 Å². The first-order valence-electron chi connectivity index (χ1n) is 7.06. The Balaban J connectivity index is 1.87. The lowest BCUT2D eigenvalue weighted by atomic mass is 9.96. The largest absolute Gasteiger partial charge is 0.481 e. The number of alkyl halides is 3. The summed E-state index contributed by atoms with van der Waals surface area (Å²) in [5, 5.41) is 0. The summed E-state index contributed by atoms with van der Waals surface area (Å²) >= 11 is 0. The zero-order valence-corrected chi connectivity index (χ0v) is 11.9. The van der Waals surface area contributed by atoms with Gasteiger partial charge in [0, 0.05) is 0 Å². The number of fused-ring (bicyclic) bond motifs is 1.